The molecule has 1 atom stereocenters. The van der Waals surface area contributed by atoms with Gasteiger partial charge in [0.15, 0.2) is 0 Å². The van der Waals surface area contributed by atoms with Gasteiger partial charge in [0.25, 0.3) is 11.8 Å². The fraction of sp³-hybridized carbons (Fsp3) is 0.324. The highest BCUT2D eigenvalue weighted by atomic mass is 32.1. The molecule has 0 fully saturated rings. The Morgan fingerprint density at radius 2 is 1.51 bits per heavy atom. The third-order valence-corrected chi connectivity index (χ3v) is 9.58. The minimum Gasteiger partial charge on any atom is -0.465 e. The Hall–Kier alpha value is -4.27. The second-order valence-electron chi connectivity index (χ2n) is 11.6. The average molecular weight is 624 g/mol. The normalized spacial score (nSPS) is 13.0. The van der Waals surface area contributed by atoms with Crippen molar-refractivity contribution >= 4 is 39.8 Å². The summed E-state index contributed by atoms with van der Waals surface area (Å²) in [5, 5.41) is 10.2. The number of carbonyl (C=O) groups excluding carboxylic acids is 3. The van der Waals surface area contributed by atoms with Gasteiger partial charge in [0.05, 0.1) is 18.2 Å². The Kier molecular flexibility index (Phi) is 10.8. The van der Waals surface area contributed by atoms with Gasteiger partial charge in [0.2, 0.25) is 0 Å². The van der Waals surface area contributed by atoms with E-state index in [4.69, 9.17) is 4.74 Å². The largest absolute Gasteiger partial charge is 0.465 e. The van der Waals surface area contributed by atoms with Gasteiger partial charge in [-0.1, -0.05) is 43.3 Å². The SMILES string of the molecule is CC[C@@H](C)NCc1cccc(C(=O)Nc2sc3c(c2C(=O)Nc2ccc(CCc4ccc(C(=O)OC)cc4)cc2)CCCC3)c1. The standard InChI is InChI=1S/C37H41N3O4S/c1-4-24(2)38-23-27-8-7-9-29(22-27)34(41)40-36-33(31-10-5-6-11-32(31)45-36)35(42)39-30-20-16-26(17-21-30)13-12-25-14-18-28(19-15-25)37(43)44-3/h7-9,14-22,24,38H,4-6,10-13,23H2,1-3H3,(H,39,42)(H,40,41)/t24-/m1/s1. The number of esters is 1. The Labute approximate surface area is 269 Å². The number of hydrogen-bond donors (Lipinski definition) is 3. The van der Waals surface area contributed by atoms with Crippen LogP contribution in [-0.4, -0.2) is 30.9 Å². The molecule has 1 heterocycles. The summed E-state index contributed by atoms with van der Waals surface area (Å²) in [6.07, 6.45) is 6.57. The van der Waals surface area contributed by atoms with Crippen LogP contribution in [0.15, 0.2) is 72.8 Å². The zero-order valence-electron chi connectivity index (χ0n) is 26.2. The first-order valence-electron chi connectivity index (χ1n) is 15.7. The fourth-order valence-corrected chi connectivity index (χ4v) is 6.77. The molecule has 234 valence electrons. The van der Waals surface area contributed by atoms with Crippen molar-refractivity contribution < 1.29 is 19.1 Å². The van der Waals surface area contributed by atoms with Gasteiger partial charge < -0.3 is 20.7 Å². The van der Waals surface area contributed by atoms with Crippen molar-refractivity contribution in [3.63, 3.8) is 0 Å². The number of anilines is 2. The number of aryl methyl sites for hydroxylation is 3. The van der Waals surface area contributed by atoms with Crippen molar-refractivity contribution in [2.45, 2.75) is 71.4 Å². The number of carbonyl (C=O) groups is 3. The third-order valence-electron chi connectivity index (χ3n) is 8.37. The molecule has 7 nitrogen and oxygen atoms in total. The molecule has 45 heavy (non-hydrogen) atoms. The molecule has 0 saturated carbocycles. The monoisotopic (exact) mass is 623 g/mol. The smallest absolute Gasteiger partial charge is 0.337 e. The van der Waals surface area contributed by atoms with Crippen molar-refractivity contribution in [2.75, 3.05) is 17.7 Å². The molecule has 1 aliphatic carbocycles. The molecule has 0 spiro atoms. The van der Waals surface area contributed by atoms with Crippen LogP contribution in [0.5, 0.6) is 0 Å². The predicted molar refractivity (Wildman–Crippen MR) is 182 cm³/mol. The first-order chi connectivity index (χ1) is 21.8. The molecule has 2 amide bonds. The molecule has 8 heteroatoms. The van der Waals surface area contributed by atoms with E-state index in [1.807, 2.05) is 60.7 Å². The van der Waals surface area contributed by atoms with Crippen LogP contribution in [0.2, 0.25) is 0 Å². The average Bonchev–Trinajstić information content (AvgIpc) is 3.44. The van der Waals surface area contributed by atoms with Crippen LogP contribution >= 0.6 is 11.3 Å². The summed E-state index contributed by atoms with van der Waals surface area (Å²) in [5.41, 5.74) is 6.78. The van der Waals surface area contributed by atoms with Crippen molar-refractivity contribution in [2.24, 2.45) is 0 Å². The number of amides is 2. The minimum atomic E-state index is -0.341. The second kappa shape index (κ2) is 15.1. The lowest BCUT2D eigenvalue weighted by Crippen LogP contribution is -2.24. The molecule has 3 N–H and O–H groups in total. The Morgan fingerprint density at radius 3 is 2.20 bits per heavy atom. The fourth-order valence-electron chi connectivity index (χ4n) is 5.49. The molecule has 1 aromatic heterocycles. The predicted octanol–water partition coefficient (Wildman–Crippen LogP) is 7.59. The Bertz CT molecular complexity index is 1640. The van der Waals surface area contributed by atoms with Gasteiger partial charge in [-0.3, -0.25) is 9.59 Å². The van der Waals surface area contributed by atoms with E-state index in [1.54, 1.807) is 12.1 Å². The van der Waals surface area contributed by atoms with Gasteiger partial charge in [-0.25, -0.2) is 4.79 Å². The summed E-state index contributed by atoms with van der Waals surface area (Å²) < 4.78 is 4.77. The van der Waals surface area contributed by atoms with Crippen molar-refractivity contribution in [3.05, 3.63) is 117 Å². The highest BCUT2D eigenvalue weighted by Crippen LogP contribution is 2.39. The molecule has 5 rings (SSSR count). The van der Waals surface area contributed by atoms with E-state index in [0.717, 1.165) is 67.2 Å². The lowest BCUT2D eigenvalue weighted by molar-refractivity contribution is 0.0600. The lowest BCUT2D eigenvalue weighted by Gasteiger charge is -2.14. The van der Waals surface area contributed by atoms with E-state index in [2.05, 4.69) is 29.8 Å². The molecule has 0 radical (unpaired) electrons. The summed E-state index contributed by atoms with van der Waals surface area (Å²) in [7, 11) is 1.38. The van der Waals surface area contributed by atoms with Crippen molar-refractivity contribution in [3.8, 4) is 0 Å². The van der Waals surface area contributed by atoms with E-state index in [-0.39, 0.29) is 17.8 Å². The first kappa shape index (κ1) is 32.1. The molecule has 3 aromatic carbocycles. The van der Waals surface area contributed by atoms with Gasteiger partial charge in [-0.05, 0) is 111 Å². The number of methoxy groups -OCH3 is 1. The highest BCUT2D eigenvalue weighted by molar-refractivity contribution is 7.17. The van der Waals surface area contributed by atoms with E-state index >= 15 is 0 Å². The molecular weight excluding hydrogens is 582 g/mol. The van der Waals surface area contributed by atoms with E-state index in [1.165, 1.54) is 23.3 Å². The zero-order valence-corrected chi connectivity index (χ0v) is 27.0. The minimum absolute atomic E-state index is 0.199. The maximum Gasteiger partial charge on any atom is 0.337 e. The number of rotatable bonds is 12. The lowest BCUT2D eigenvalue weighted by atomic mass is 9.95. The second-order valence-corrected chi connectivity index (χ2v) is 12.7. The molecule has 0 bridgehead atoms. The first-order valence-corrected chi connectivity index (χ1v) is 16.5. The summed E-state index contributed by atoms with van der Waals surface area (Å²) in [5.74, 6) is -0.751. The van der Waals surface area contributed by atoms with Gasteiger partial charge in [-0.15, -0.1) is 11.3 Å². The van der Waals surface area contributed by atoms with Gasteiger partial charge in [0.1, 0.15) is 5.00 Å². The van der Waals surface area contributed by atoms with Crippen LogP contribution in [0.3, 0.4) is 0 Å². The summed E-state index contributed by atoms with van der Waals surface area (Å²) in [6, 6.07) is 23.4. The summed E-state index contributed by atoms with van der Waals surface area (Å²) in [4.78, 5) is 40.0. The summed E-state index contributed by atoms with van der Waals surface area (Å²) >= 11 is 1.52. The molecule has 4 aromatic rings. The van der Waals surface area contributed by atoms with Gasteiger partial charge in [0, 0.05) is 28.7 Å². The number of hydrogen-bond acceptors (Lipinski definition) is 6. The third kappa shape index (κ3) is 8.26. The molecular formula is C37H41N3O4S. The topological polar surface area (TPSA) is 96.5 Å². The number of benzene rings is 3. The van der Waals surface area contributed by atoms with E-state index in [0.29, 0.717) is 40.0 Å². The zero-order chi connectivity index (χ0) is 31.8. The maximum absolute atomic E-state index is 13.7. The van der Waals surface area contributed by atoms with Gasteiger partial charge in [-0.2, -0.15) is 0 Å². The Balaban J connectivity index is 1.25. The number of nitrogens with one attached hydrogen (secondary N) is 3. The molecule has 0 unspecified atom stereocenters. The van der Waals surface area contributed by atoms with Crippen LogP contribution in [0, 0.1) is 0 Å². The highest BCUT2D eigenvalue weighted by Gasteiger charge is 2.27. The van der Waals surface area contributed by atoms with Crippen LogP contribution in [-0.2, 0) is 37.0 Å². The number of fused-ring (bicyclic) bond motifs is 1. The van der Waals surface area contributed by atoms with Gasteiger partial charge >= 0.3 is 5.97 Å². The van der Waals surface area contributed by atoms with Crippen LogP contribution < -0.4 is 16.0 Å². The van der Waals surface area contributed by atoms with Crippen LogP contribution in [0.25, 0.3) is 0 Å². The number of ether oxygens (including phenoxy) is 1. The Morgan fingerprint density at radius 1 is 0.822 bits per heavy atom. The van der Waals surface area contributed by atoms with Crippen molar-refractivity contribution in [1.29, 1.82) is 0 Å². The quantitative estimate of drug-likeness (QED) is 0.141. The van der Waals surface area contributed by atoms with Crippen LogP contribution in [0.1, 0.15) is 91.3 Å². The van der Waals surface area contributed by atoms with Crippen molar-refractivity contribution in [1.82, 2.24) is 5.32 Å². The van der Waals surface area contributed by atoms with E-state index in [9.17, 15) is 14.4 Å². The molecule has 1 aliphatic rings. The number of thiophene rings is 1. The molecule has 0 aliphatic heterocycles. The maximum atomic E-state index is 13.7. The summed E-state index contributed by atoms with van der Waals surface area (Å²) in [6.45, 7) is 4.98. The molecule has 0 saturated heterocycles. The van der Waals surface area contributed by atoms with Crippen LogP contribution in [0.4, 0.5) is 10.7 Å². The van der Waals surface area contributed by atoms with E-state index < -0.39 is 0 Å².